The molecule has 1 N–H and O–H groups in total. The van der Waals surface area contributed by atoms with Gasteiger partial charge in [-0.1, -0.05) is 6.42 Å². The molecule has 106 valence electrons. The second kappa shape index (κ2) is 6.27. The van der Waals surface area contributed by atoms with Crippen molar-refractivity contribution in [1.82, 2.24) is 9.97 Å². The molecule has 3 nitrogen and oxygen atoms in total. The number of pyridine rings is 2. The van der Waals surface area contributed by atoms with Gasteiger partial charge in [0.05, 0.1) is 11.2 Å². The number of aromatic nitrogens is 2. The molecule has 2 aromatic rings. The van der Waals surface area contributed by atoms with Gasteiger partial charge in [0.15, 0.2) is 0 Å². The molecule has 3 rings (SSSR count). The fourth-order valence-corrected chi connectivity index (χ4v) is 3.70. The lowest BCUT2D eigenvalue weighted by Crippen LogP contribution is -2.19. The summed E-state index contributed by atoms with van der Waals surface area (Å²) in [7, 11) is 0. The Bertz CT molecular complexity index is 605. The van der Waals surface area contributed by atoms with E-state index in [4.69, 9.17) is 11.6 Å². The zero-order chi connectivity index (χ0) is 13.9. The molecule has 1 fully saturated rings. The van der Waals surface area contributed by atoms with E-state index < -0.39 is 0 Å². The predicted molar refractivity (Wildman–Crippen MR) is 87.3 cm³/mol. The van der Waals surface area contributed by atoms with E-state index in [0.717, 1.165) is 33.6 Å². The quantitative estimate of drug-likeness (QED) is 0.824. The topological polar surface area (TPSA) is 37.8 Å². The maximum atomic E-state index is 6.04. The second-order valence-corrected chi connectivity index (χ2v) is 6.59. The minimum absolute atomic E-state index is 0.652. The third-order valence-electron chi connectivity index (χ3n) is 4.11. The number of nitrogens with zero attached hydrogens (tertiary/aromatic N) is 2. The van der Waals surface area contributed by atoms with Gasteiger partial charge >= 0.3 is 0 Å². The summed E-state index contributed by atoms with van der Waals surface area (Å²) in [6, 6.07) is 3.98. The first-order valence-electron chi connectivity index (χ1n) is 6.98. The number of anilines is 1. The molecular formula is C15H17BrClN3. The van der Waals surface area contributed by atoms with Crippen molar-refractivity contribution < 1.29 is 0 Å². The number of nitrogens with one attached hydrogen (secondary N) is 1. The van der Waals surface area contributed by atoms with Crippen molar-refractivity contribution in [3.05, 3.63) is 29.0 Å². The molecule has 1 aliphatic rings. The van der Waals surface area contributed by atoms with Crippen molar-refractivity contribution in [2.75, 3.05) is 17.7 Å². The summed E-state index contributed by atoms with van der Waals surface area (Å²) in [6.07, 6.45) is 7.47. The van der Waals surface area contributed by atoms with E-state index in [-0.39, 0.29) is 0 Å². The number of halogens is 2. The van der Waals surface area contributed by atoms with Crippen LogP contribution in [0.5, 0.6) is 0 Å². The average molecular weight is 355 g/mol. The Morgan fingerprint density at radius 1 is 1.30 bits per heavy atom. The second-order valence-electron chi connectivity index (χ2n) is 5.37. The van der Waals surface area contributed by atoms with Crippen LogP contribution in [-0.2, 0) is 0 Å². The van der Waals surface area contributed by atoms with E-state index in [9.17, 15) is 0 Å². The van der Waals surface area contributed by atoms with E-state index >= 15 is 0 Å². The number of rotatable bonds is 4. The summed E-state index contributed by atoms with van der Waals surface area (Å²) in [5.74, 6) is 2.10. The van der Waals surface area contributed by atoms with Gasteiger partial charge in [0.25, 0.3) is 0 Å². The number of hydrogen-bond acceptors (Lipinski definition) is 3. The van der Waals surface area contributed by atoms with Crippen LogP contribution >= 0.6 is 27.5 Å². The Morgan fingerprint density at radius 2 is 2.15 bits per heavy atom. The molecule has 1 aliphatic carbocycles. The highest BCUT2D eigenvalue weighted by molar-refractivity contribution is 9.10. The lowest BCUT2D eigenvalue weighted by molar-refractivity contribution is 0.444. The lowest BCUT2D eigenvalue weighted by atomic mass is 9.98. The van der Waals surface area contributed by atoms with Crippen molar-refractivity contribution >= 4 is 44.3 Å². The third-order valence-corrected chi connectivity index (χ3v) is 4.94. The summed E-state index contributed by atoms with van der Waals surface area (Å²) in [5.41, 5.74) is 2.89. The minimum Gasteiger partial charge on any atom is -0.383 e. The van der Waals surface area contributed by atoms with Crippen LogP contribution in [0.3, 0.4) is 0 Å². The number of fused-ring (bicyclic) bond motifs is 1. The van der Waals surface area contributed by atoms with E-state index in [1.54, 1.807) is 0 Å². The summed E-state index contributed by atoms with van der Waals surface area (Å²) in [6.45, 7) is 0.967. The molecule has 2 unspecified atom stereocenters. The van der Waals surface area contributed by atoms with Crippen molar-refractivity contribution in [2.45, 2.75) is 19.3 Å². The van der Waals surface area contributed by atoms with Crippen molar-refractivity contribution in [2.24, 2.45) is 11.8 Å². The Kier molecular flexibility index (Phi) is 4.41. The number of alkyl halides is 1. The van der Waals surface area contributed by atoms with Gasteiger partial charge < -0.3 is 5.32 Å². The van der Waals surface area contributed by atoms with E-state index in [2.05, 4.69) is 31.2 Å². The van der Waals surface area contributed by atoms with Crippen LogP contribution in [0.4, 0.5) is 5.69 Å². The van der Waals surface area contributed by atoms with Crippen LogP contribution in [-0.4, -0.2) is 22.4 Å². The third kappa shape index (κ3) is 2.91. The van der Waals surface area contributed by atoms with Gasteiger partial charge in [-0.05, 0) is 52.7 Å². The predicted octanol–water partition coefficient (Wildman–Crippen LogP) is 4.46. The molecule has 0 amide bonds. The minimum atomic E-state index is 0.652. The fraction of sp³-hybridized carbons (Fsp3) is 0.467. The summed E-state index contributed by atoms with van der Waals surface area (Å²) < 4.78 is 0.952. The molecule has 1 saturated carbocycles. The van der Waals surface area contributed by atoms with Gasteiger partial charge in [0.1, 0.15) is 5.52 Å². The van der Waals surface area contributed by atoms with Crippen LogP contribution in [0.2, 0.25) is 0 Å². The first kappa shape index (κ1) is 14.1. The van der Waals surface area contributed by atoms with Crippen molar-refractivity contribution in [1.29, 1.82) is 0 Å². The van der Waals surface area contributed by atoms with Gasteiger partial charge in [0.2, 0.25) is 0 Å². The van der Waals surface area contributed by atoms with Gasteiger partial charge in [-0.2, -0.15) is 0 Å². The maximum Gasteiger partial charge on any atom is 0.112 e. The van der Waals surface area contributed by atoms with Crippen LogP contribution in [0.25, 0.3) is 11.0 Å². The zero-order valence-electron chi connectivity index (χ0n) is 11.1. The van der Waals surface area contributed by atoms with Crippen LogP contribution < -0.4 is 5.32 Å². The van der Waals surface area contributed by atoms with Crippen molar-refractivity contribution in [3.63, 3.8) is 0 Å². The Balaban J connectivity index is 1.77. The highest BCUT2D eigenvalue weighted by atomic mass is 79.9. The Labute approximate surface area is 132 Å². The van der Waals surface area contributed by atoms with E-state index in [1.165, 1.54) is 19.3 Å². The maximum absolute atomic E-state index is 6.04. The van der Waals surface area contributed by atoms with E-state index in [0.29, 0.717) is 11.8 Å². The Morgan fingerprint density at radius 3 is 3.00 bits per heavy atom. The highest BCUT2D eigenvalue weighted by Gasteiger charge is 2.26. The molecule has 2 atom stereocenters. The van der Waals surface area contributed by atoms with Gasteiger partial charge in [0, 0.05) is 29.3 Å². The fourth-order valence-electron chi connectivity index (χ4n) is 2.97. The molecule has 2 heterocycles. The molecule has 0 aliphatic heterocycles. The van der Waals surface area contributed by atoms with Crippen molar-refractivity contribution in [3.8, 4) is 0 Å². The molecule has 0 radical (unpaired) electrons. The summed E-state index contributed by atoms with van der Waals surface area (Å²) in [5, 5.41) is 3.54. The average Bonchev–Trinajstić information content (AvgIpc) is 2.92. The zero-order valence-corrected chi connectivity index (χ0v) is 13.5. The lowest BCUT2D eigenvalue weighted by Gasteiger charge is -2.18. The smallest absolute Gasteiger partial charge is 0.112 e. The SMILES string of the molecule is ClCC1CCCC1CNc1ccnc2cc(Br)cnc12. The Hall–Kier alpha value is -0.870. The molecule has 0 saturated heterocycles. The number of hydrogen-bond donors (Lipinski definition) is 1. The standard InChI is InChI=1S/C15H17BrClN3/c16-12-6-14-15(20-9-12)13(4-5-18-14)19-8-11-3-1-2-10(11)7-17/h4-6,9-11H,1-3,7-8H2,(H,18,19). The summed E-state index contributed by atoms with van der Waals surface area (Å²) >= 11 is 9.47. The monoisotopic (exact) mass is 353 g/mol. The molecule has 20 heavy (non-hydrogen) atoms. The van der Waals surface area contributed by atoms with Crippen LogP contribution in [0, 0.1) is 11.8 Å². The summed E-state index contributed by atoms with van der Waals surface area (Å²) in [4.78, 5) is 8.83. The first-order valence-corrected chi connectivity index (χ1v) is 8.31. The largest absolute Gasteiger partial charge is 0.383 e. The van der Waals surface area contributed by atoms with Gasteiger partial charge in [-0.25, -0.2) is 0 Å². The molecule has 2 aromatic heterocycles. The normalized spacial score (nSPS) is 22.3. The van der Waals surface area contributed by atoms with Crippen LogP contribution in [0.1, 0.15) is 19.3 Å². The van der Waals surface area contributed by atoms with Gasteiger partial charge in [-0.3, -0.25) is 9.97 Å². The molecule has 5 heteroatoms. The first-order chi connectivity index (χ1) is 9.78. The molecular weight excluding hydrogens is 338 g/mol. The van der Waals surface area contributed by atoms with Crippen LogP contribution in [0.15, 0.2) is 29.0 Å². The molecule has 0 spiro atoms. The van der Waals surface area contributed by atoms with E-state index in [1.807, 2.05) is 24.5 Å². The highest BCUT2D eigenvalue weighted by Crippen LogP contribution is 2.33. The van der Waals surface area contributed by atoms with Gasteiger partial charge in [-0.15, -0.1) is 11.6 Å². The molecule has 0 bridgehead atoms. The molecule has 0 aromatic carbocycles.